The smallest absolute Gasteiger partial charge is 0.333 e. The number of aliphatic hydroxyl groups is 2. The van der Waals surface area contributed by atoms with Crippen LogP contribution in [0.4, 0.5) is 10.1 Å². The van der Waals surface area contributed by atoms with Gasteiger partial charge in [-0.1, -0.05) is 23.7 Å². The zero-order chi connectivity index (χ0) is 23.2. The van der Waals surface area contributed by atoms with Crippen molar-refractivity contribution in [3.8, 4) is 0 Å². The molecule has 0 aliphatic rings. The van der Waals surface area contributed by atoms with Gasteiger partial charge in [-0.15, -0.1) is 0 Å². The third-order valence-corrected chi connectivity index (χ3v) is 4.92. The highest BCUT2D eigenvalue weighted by atomic mass is 35.5. The van der Waals surface area contributed by atoms with Crippen molar-refractivity contribution >= 4 is 34.9 Å². The minimum atomic E-state index is -2.55. The third-order valence-electron chi connectivity index (χ3n) is 4.67. The second-order valence-corrected chi connectivity index (χ2v) is 7.34. The van der Waals surface area contributed by atoms with Gasteiger partial charge >= 0.3 is 5.97 Å². The van der Waals surface area contributed by atoms with Crippen LogP contribution in [-0.4, -0.2) is 57.8 Å². The lowest BCUT2D eigenvalue weighted by Crippen LogP contribution is -2.62. The van der Waals surface area contributed by atoms with Gasteiger partial charge in [0.1, 0.15) is 5.82 Å². The molecule has 0 aliphatic carbocycles. The number of nitrogens with zero attached hydrogens (tertiary/aromatic N) is 1. The summed E-state index contributed by atoms with van der Waals surface area (Å²) in [6, 6.07) is 10.9. The van der Waals surface area contributed by atoms with Crippen LogP contribution < -0.4 is 10.6 Å². The summed E-state index contributed by atoms with van der Waals surface area (Å²) in [6.45, 7) is -1.14. The van der Waals surface area contributed by atoms with Crippen LogP contribution in [0, 0.1) is 5.82 Å². The van der Waals surface area contributed by atoms with E-state index >= 15 is 0 Å². The van der Waals surface area contributed by atoms with Crippen LogP contribution in [0.15, 0.2) is 48.5 Å². The molecule has 0 heterocycles. The molecule has 0 aromatic heterocycles. The number of aliphatic hydroxyl groups excluding tert-OH is 2. The second kappa shape index (κ2) is 10.5. The van der Waals surface area contributed by atoms with Crippen molar-refractivity contribution in [1.82, 2.24) is 0 Å². The number of ketones is 1. The average molecular weight is 453 g/mol. The van der Waals surface area contributed by atoms with Gasteiger partial charge in [-0.2, -0.15) is 0 Å². The van der Waals surface area contributed by atoms with E-state index in [0.29, 0.717) is 5.02 Å². The number of carbonyl (C=O) groups excluding carboxylic acids is 2. The Morgan fingerprint density at radius 1 is 1.13 bits per heavy atom. The molecule has 166 valence electrons. The van der Waals surface area contributed by atoms with E-state index in [0.717, 1.165) is 11.0 Å². The number of Topliss-reactive ketones (excluding diaryl/α,β-unsaturated/α-hetero) is 1. The standard InChI is InChI=1S/C21H22ClFN2O6/c22-13-5-7-14(8-6-13)25(11-15(27)12-26)19(29)21(24,20(30)31)10-9-18(28)16-3-1-2-4-17(16)23/h1-8,15,26-27H,9-12,24H2,(H,30,31). The van der Waals surface area contributed by atoms with E-state index in [1.807, 2.05) is 0 Å². The zero-order valence-electron chi connectivity index (χ0n) is 16.4. The van der Waals surface area contributed by atoms with Crippen LogP contribution in [0.3, 0.4) is 0 Å². The largest absolute Gasteiger partial charge is 0.479 e. The van der Waals surface area contributed by atoms with Crippen LogP contribution in [0.25, 0.3) is 0 Å². The lowest BCUT2D eigenvalue weighted by molar-refractivity contribution is -0.148. The summed E-state index contributed by atoms with van der Waals surface area (Å²) in [5, 5.41) is 29.0. The van der Waals surface area contributed by atoms with E-state index in [4.69, 9.17) is 22.4 Å². The summed E-state index contributed by atoms with van der Waals surface area (Å²) in [5.41, 5.74) is 3.32. The van der Waals surface area contributed by atoms with E-state index in [1.54, 1.807) is 0 Å². The predicted octanol–water partition coefficient (Wildman–Crippen LogP) is 1.61. The fourth-order valence-electron chi connectivity index (χ4n) is 2.87. The maximum Gasteiger partial charge on any atom is 0.333 e. The Morgan fingerprint density at radius 3 is 2.29 bits per heavy atom. The van der Waals surface area contributed by atoms with Gasteiger partial charge in [0, 0.05) is 17.1 Å². The number of amides is 1. The highest BCUT2D eigenvalue weighted by molar-refractivity contribution is 6.30. The van der Waals surface area contributed by atoms with Crippen LogP contribution in [-0.2, 0) is 9.59 Å². The molecular weight excluding hydrogens is 431 g/mol. The van der Waals surface area contributed by atoms with Crippen molar-refractivity contribution in [1.29, 1.82) is 0 Å². The number of carboxylic acid groups (broad SMARTS) is 1. The van der Waals surface area contributed by atoms with Crippen molar-refractivity contribution in [2.75, 3.05) is 18.1 Å². The second-order valence-electron chi connectivity index (χ2n) is 6.91. The van der Waals surface area contributed by atoms with Crippen molar-refractivity contribution in [3.05, 3.63) is 64.9 Å². The number of nitrogens with two attached hydrogens (primary N) is 1. The van der Waals surface area contributed by atoms with Crippen LogP contribution in [0.5, 0.6) is 0 Å². The van der Waals surface area contributed by atoms with Crippen LogP contribution in [0.2, 0.25) is 5.02 Å². The molecule has 10 heteroatoms. The number of carboxylic acids is 1. The van der Waals surface area contributed by atoms with E-state index in [2.05, 4.69) is 0 Å². The Kier molecular flexibility index (Phi) is 8.23. The van der Waals surface area contributed by atoms with Crippen molar-refractivity contribution in [2.45, 2.75) is 24.5 Å². The van der Waals surface area contributed by atoms with Crippen LogP contribution in [0.1, 0.15) is 23.2 Å². The number of carbonyl (C=O) groups is 3. The highest BCUT2D eigenvalue weighted by Crippen LogP contribution is 2.24. The lowest BCUT2D eigenvalue weighted by Gasteiger charge is -2.32. The summed E-state index contributed by atoms with van der Waals surface area (Å²) in [6.07, 6.45) is -2.50. The monoisotopic (exact) mass is 452 g/mol. The molecule has 5 N–H and O–H groups in total. The van der Waals surface area contributed by atoms with Gasteiger partial charge < -0.3 is 26.0 Å². The Balaban J connectivity index is 2.32. The van der Waals surface area contributed by atoms with Gasteiger partial charge in [0.2, 0.25) is 0 Å². The Morgan fingerprint density at radius 2 is 1.74 bits per heavy atom. The number of hydrogen-bond donors (Lipinski definition) is 4. The van der Waals surface area contributed by atoms with Gasteiger partial charge in [-0.25, -0.2) is 9.18 Å². The average Bonchev–Trinajstić information content (AvgIpc) is 2.75. The number of hydrogen-bond acceptors (Lipinski definition) is 6. The molecule has 2 aromatic rings. The Hall–Kier alpha value is -2.85. The topological polar surface area (TPSA) is 141 Å². The molecule has 0 bridgehead atoms. The van der Waals surface area contributed by atoms with E-state index < -0.39 is 61.1 Å². The molecule has 8 nitrogen and oxygen atoms in total. The summed E-state index contributed by atoms with van der Waals surface area (Å²) in [4.78, 5) is 38.4. The predicted molar refractivity (Wildman–Crippen MR) is 111 cm³/mol. The first-order valence-corrected chi connectivity index (χ1v) is 9.64. The molecule has 0 saturated carbocycles. The fraction of sp³-hybridized carbons (Fsp3) is 0.286. The Labute approximate surface area is 182 Å². The maximum absolute atomic E-state index is 13.8. The molecule has 0 radical (unpaired) electrons. The van der Waals surface area contributed by atoms with E-state index in [1.165, 1.54) is 42.5 Å². The molecule has 0 saturated heterocycles. The molecule has 2 unspecified atom stereocenters. The SMILES string of the molecule is NC(CCC(=O)c1ccccc1F)(C(=O)O)C(=O)N(CC(O)CO)c1ccc(Cl)cc1. The number of rotatable bonds is 10. The first kappa shape index (κ1) is 24.4. The van der Waals surface area contributed by atoms with Gasteiger partial charge in [0.25, 0.3) is 5.91 Å². The molecule has 2 aromatic carbocycles. The quantitative estimate of drug-likeness (QED) is 0.317. The number of aliphatic carboxylic acids is 1. The minimum absolute atomic E-state index is 0.179. The number of halogens is 2. The maximum atomic E-state index is 13.8. The third kappa shape index (κ3) is 5.86. The van der Waals surface area contributed by atoms with Crippen molar-refractivity contribution in [2.24, 2.45) is 5.73 Å². The first-order chi connectivity index (χ1) is 14.6. The normalized spacial score (nSPS) is 13.8. The molecule has 31 heavy (non-hydrogen) atoms. The number of benzene rings is 2. The van der Waals surface area contributed by atoms with Gasteiger partial charge in [-0.05, 0) is 42.8 Å². The first-order valence-electron chi connectivity index (χ1n) is 9.26. The summed E-state index contributed by atoms with van der Waals surface area (Å²) in [7, 11) is 0. The lowest BCUT2D eigenvalue weighted by atomic mass is 9.90. The summed E-state index contributed by atoms with van der Waals surface area (Å²) in [5.74, 6) is -4.30. The van der Waals surface area contributed by atoms with Crippen molar-refractivity contribution < 1.29 is 34.1 Å². The summed E-state index contributed by atoms with van der Waals surface area (Å²) < 4.78 is 13.8. The molecular formula is C21H22ClFN2O6. The highest BCUT2D eigenvalue weighted by Gasteiger charge is 2.45. The molecule has 2 atom stereocenters. The molecule has 0 spiro atoms. The molecule has 0 fully saturated rings. The fourth-order valence-corrected chi connectivity index (χ4v) is 3.00. The van der Waals surface area contributed by atoms with Gasteiger partial charge in [-0.3, -0.25) is 9.59 Å². The summed E-state index contributed by atoms with van der Waals surface area (Å²) >= 11 is 5.85. The van der Waals surface area contributed by atoms with Crippen molar-refractivity contribution in [3.63, 3.8) is 0 Å². The molecule has 0 aliphatic heterocycles. The number of anilines is 1. The minimum Gasteiger partial charge on any atom is -0.479 e. The van der Waals surface area contributed by atoms with E-state index in [9.17, 15) is 29.0 Å². The van der Waals surface area contributed by atoms with Gasteiger partial charge in [0.05, 0.1) is 24.8 Å². The molecule has 1 amide bonds. The van der Waals surface area contributed by atoms with Crippen LogP contribution >= 0.6 is 11.6 Å². The zero-order valence-corrected chi connectivity index (χ0v) is 17.1. The van der Waals surface area contributed by atoms with Gasteiger partial charge in [0.15, 0.2) is 11.3 Å². The Bertz CT molecular complexity index is 955. The molecule has 2 rings (SSSR count). The van der Waals surface area contributed by atoms with E-state index in [-0.39, 0.29) is 11.3 Å².